The number of nitrogens with zero attached hydrogens (tertiary/aromatic N) is 3. The van der Waals surface area contributed by atoms with E-state index in [-0.39, 0.29) is 11.7 Å². The van der Waals surface area contributed by atoms with E-state index in [0.717, 1.165) is 60.6 Å². The molecule has 1 aliphatic rings. The Hall–Kier alpha value is -2.95. The summed E-state index contributed by atoms with van der Waals surface area (Å²) in [6.07, 6.45) is 4.85. The first-order chi connectivity index (χ1) is 14.5. The summed E-state index contributed by atoms with van der Waals surface area (Å²) in [4.78, 5) is 19.6. The van der Waals surface area contributed by atoms with E-state index in [0.29, 0.717) is 12.5 Å². The molecule has 2 aromatic carbocycles. The third kappa shape index (κ3) is 4.61. The number of amides is 1. The summed E-state index contributed by atoms with van der Waals surface area (Å²) in [6.45, 7) is 6.31. The van der Waals surface area contributed by atoms with Gasteiger partial charge in [-0.05, 0) is 62.4 Å². The maximum absolute atomic E-state index is 13.2. The second kappa shape index (κ2) is 8.82. The molecule has 30 heavy (non-hydrogen) atoms. The lowest BCUT2D eigenvalue weighted by atomic mass is 9.93. The van der Waals surface area contributed by atoms with Gasteiger partial charge in [0.15, 0.2) is 0 Å². The zero-order chi connectivity index (χ0) is 21.1. The standard InChI is InChI=1S/C25H28FN3O/c1-18-5-3-7-22(13-18)25(30)28-12-4-6-21(16-28)14-24-27-15-19(2)29(24)17-20-8-10-23(26)11-9-20/h3,5,7-11,13,15,21H,4,6,12,14,16-17H2,1-2H3. The SMILES string of the molecule is Cc1cccc(C(=O)N2CCCC(Cc3ncc(C)n3Cc3ccc(F)cc3)C2)c1. The molecule has 1 unspecified atom stereocenters. The van der Waals surface area contributed by atoms with Gasteiger partial charge in [0.2, 0.25) is 0 Å². The molecule has 4 nitrogen and oxygen atoms in total. The number of carbonyl (C=O) groups excluding carboxylic acids is 1. The van der Waals surface area contributed by atoms with Crippen molar-refractivity contribution in [1.82, 2.24) is 14.5 Å². The number of benzene rings is 2. The Morgan fingerprint density at radius 3 is 2.73 bits per heavy atom. The number of rotatable bonds is 5. The Morgan fingerprint density at radius 1 is 1.17 bits per heavy atom. The highest BCUT2D eigenvalue weighted by atomic mass is 19.1. The van der Waals surface area contributed by atoms with Crippen LogP contribution in [0.25, 0.3) is 0 Å². The number of aromatic nitrogens is 2. The van der Waals surface area contributed by atoms with E-state index in [1.54, 1.807) is 0 Å². The van der Waals surface area contributed by atoms with Crippen LogP contribution in [0.4, 0.5) is 4.39 Å². The minimum atomic E-state index is -0.220. The average molecular weight is 406 g/mol. The van der Waals surface area contributed by atoms with Crippen molar-refractivity contribution in [3.8, 4) is 0 Å². The van der Waals surface area contributed by atoms with E-state index in [1.165, 1.54) is 12.1 Å². The molecule has 1 aliphatic heterocycles. The van der Waals surface area contributed by atoms with E-state index in [4.69, 9.17) is 0 Å². The third-order valence-corrected chi connectivity index (χ3v) is 5.93. The molecule has 1 aromatic heterocycles. The van der Waals surface area contributed by atoms with E-state index in [1.807, 2.05) is 54.4 Å². The molecule has 5 heteroatoms. The van der Waals surface area contributed by atoms with Crippen LogP contribution in [0.15, 0.2) is 54.7 Å². The van der Waals surface area contributed by atoms with Crippen molar-refractivity contribution < 1.29 is 9.18 Å². The minimum absolute atomic E-state index is 0.120. The number of carbonyl (C=O) groups is 1. The number of likely N-dealkylation sites (tertiary alicyclic amines) is 1. The van der Waals surface area contributed by atoms with Gasteiger partial charge in [0.25, 0.3) is 5.91 Å². The van der Waals surface area contributed by atoms with Gasteiger partial charge in [0.05, 0.1) is 0 Å². The zero-order valence-corrected chi connectivity index (χ0v) is 17.6. The first-order valence-electron chi connectivity index (χ1n) is 10.6. The fraction of sp³-hybridized carbons (Fsp3) is 0.360. The maximum atomic E-state index is 13.2. The average Bonchev–Trinajstić information content (AvgIpc) is 3.08. The summed E-state index contributed by atoms with van der Waals surface area (Å²) in [6, 6.07) is 14.5. The fourth-order valence-corrected chi connectivity index (χ4v) is 4.30. The molecule has 0 aliphatic carbocycles. The molecule has 1 amide bonds. The van der Waals surface area contributed by atoms with Crippen molar-refractivity contribution in [3.63, 3.8) is 0 Å². The molecule has 156 valence electrons. The Bertz CT molecular complexity index is 1030. The molecular formula is C25H28FN3O. The number of hydrogen-bond acceptors (Lipinski definition) is 2. The summed E-state index contributed by atoms with van der Waals surface area (Å²) in [5, 5.41) is 0. The lowest BCUT2D eigenvalue weighted by Crippen LogP contribution is -2.40. The van der Waals surface area contributed by atoms with E-state index < -0.39 is 0 Å². The highest BCUT2D eigenvalue weighted by molar-refractivity contribution is 5.94. The highest BCUT2D eigenvalue weighted by Crippen LogP contribution is 2.23. The van der Waals surface area contributed by atoms with Gasteiger partial charge < -0.3 is 9.47 Å². The summed E-state index contributed by atoms with van der Waals surface area (Å²) < 4.78 is 15.4. The van der Waals surface area contributed by atoms with Gasteiger partial charge in [-0.2, -0.15) is 0 Å². The van der Waals surface area contributed by atoms with Crippen LogP contribution in [0, 0.1) is 25.6 Å². The van der Waals surface area contributed by atoms with Crippen LogP contribution in [0.2, 0.25) is 0 Å². The van der Waals surface area contributed by atoms with Crippen LogP contribution in [0.1, 0.15) is 45.8 Å². The number of aryl methyl sites for hydroxylation is 2. The Kier molecular flexibility index (Phi) is 5.98. The molecule has 3 aromatic rings. The largest absolute Gasteiger partial charge is 0.338 e. The van der Waals surface area contributed by atoms with Crippen LogP contribution in [0.5, 0.6) is 0 Å². The number of piperidine rings is 1. The van der Waals surface area contributed by atoms with Gasteiger partial charge in [-0.25, -0.2) is 9.37 Å². The molecule has 1 atom stereocenters. The predicted molar refractivity (Wildman–Crippen MR) is 116 cm³/mol. The molecule has 0 N–H and O–H groups in total. The van der Waals surface area contributed by atoms with Crippen LogP contribution in [-0.4, -0.2) is 33.4 Å². The first-order valence-corrected chi connectivity index (χ1v) is 10.6. The second-order valence-corrected chi connectivity index (χ2v) is 8.36. The van der Waals surface area contributed by atoms with Gasteiger partial charge in [-0.15, -0.1) is 0 Å². The molecule has 0 saturated carbocycles. The van der Waals surface area contributed by atoms with Crippen LogP contribution >= 0.6 is 0 Å². The topological polar surface area (TPSA) is 38.1 Å². The molecule has 1 fully saturated rings. The monoisotopic (exact) mass is 405 g/mol. The normalized spacial score (nSPS) is 16.6. The van der Waals surface area contributed by atoms with Gasteiger partial charge >= 0.3 is 0 Å². The molecule has 1 saturated heterocycles. The Morgan fingerprint density at radius 2 is 1.97 bits per heavy atom. The van der Waals surface area contributed by atoms with Crippen molar-refractivity contribution in [3.05, 3.63) is 88.8 Å². The Balaban J connectivity index is 1.45. The second-order valence-electron chi connectivity index (χ2n) is 8.36. The molecular weight excluding hydrogens is 377 g/mol. The van der Waals surface area contributed by atoms with Gasteiger partial charge in [-0.3, -0.25) is 4.79 Å². The summed E-state index contributed by atoms with van der Waals surface area (Å²) in [7, 11) is 0. The number of imidazole rings is 1. The molecule has 4 rings (SSSR count). The van der Waals surface area contributed by atoms with Gasteiger partial charge in [-0.1, -0.05) is 29.8 Å². The fourth-order valence-electron chi connectivity index (χ4n) is 4.30. The predicted octanol–water partition coefficient (Wildman–Crippen LogP) is 4.78. The maximum Gasteiger partial charge on any atom is 0.253 e. The van der Waals surface area contributed by atoms with Crippen molar-refractivity contribution in [2.45, 2.75) is 39.7 Å². The van der Waals surface area contributed by atoms with Crippen LogP contribution in [-0.2, 0) is 13.0 Å². The number of hydrogen-bond donors (Lipinski definition) is 0. The summed E-state index contributed by atoms with van der Waals surface area (Å²) >= 11 is 0. The van der Waals surface area contributed by atoms with Crippen molar-refractivity contribution in [1.29, 1.82) is 0 Å². The van der Waals surface area contributed by atoms with Crippen LogP contribution in [0.3, 0.4) is 0 Å². The molecule has 0 spiro atoms. The van der Waals surface area contributed by atoms with Crippen molar-refractivity contribution >= 4 is 5.91 Å². The minimum Gasteiger partial charge on any atom is -0.338 e. The lowest BCUT2D eigenvalue weighted by Gasteiger charge is -2.33. The van der Waals surface area contributed by atoms with Gasteiger partial charge in [0.1, 0.15) is 11.6 Å². The molecule has 0 radical (unpaired) electrons. The van der Waals surface area contributed by atoms with Crippen molar-refractivity contribution in [2.75, 3.05) is 13.1 Å². The van der Waals surface area contributed by atoms with E-state index in [9.17, 15) is 9.18 Å². The zero-order valence-electron chi connectivity index (χ0n) is 17.6. The third-order valence-electron chi connectivity index (χ3n) is 5.93. The van der Waals surface area contributed by atoms with Gasteiger partial charge in [0, 0.05) is 43.5 Å². The van der Waals surface area contributed by atoms with E-state index >= 15 is 0 Å². The quantitative estimate of drug-likeness (QED) is 0.613. The lowest BCUT2D eigenvalue weighted by molar-refractivity contribution is 0.0671. The summed E-state index contributed by atoms with van der Waals surface area (Å²) in [5.74, 6) is 1.32. The molecule has 0 bridgehead atoms. The van der Waals surface area contributed by atoms with Crippen LogP contribution < -0.4 is 0 Å². The summed E-state index contributed by atoms with van der Waals surface area (Å²) in [5.41, 5.74) is 4.02. The molecule has 2 heterocycles. The first kappa shape index (κ1) is 20.3. The highest BCUT2D eigenvalue weighted by Gasteiger charge is 2.26. The van der Waals surface area contributed by atoms with E-state index in [2.05, 4.69) is 16.5 Å². The van der Waals surface area contributed by atoms with Crippen molar-refractivity contribution in [2.24, 2.45) is 5.92 Å². The smallest absolute Gasteiger partial charge is 0.253 e. The number of halogens is 1. The Labute approximate surface area is 177 Å².